The molecule has 0 aliphatic heterocycles. The zero-order chi connectivity index (χ0) is 14.3. The number of methoxy groups -OCH3 is 1. The van der Waals surface area contributed by atoms with E-state index in [2.05, 4.69) is 13.8 Å². The Balaban J connectivity index is 2.84. The van der Waals surface area contributed by atoms with Crippen molar-refractivity contribution in [2.24, 2.45) is 11.8 Å². The quantitative estimate of drug-likeness (QED) is 0.707. The van der Waals surface area contributed by atoms with Gasteiger partial charge in [0.15, 0.2) is 0 Å². The number of hydrogen-bond donors (Lipinski definition) is 0. The van der Waals surface area contributed by atoms with E-state index in [0.29, 0.717) is 18.9 Å². The van der Waals surface area contributed by atoms with E-state index >= 15 is 0 Å². The van der Waals surface area contributed by atoms with Crippen LogP contribution in [0.4, 0.5) is 0 Å². The summed E-state index contributed by atoms with van der Waals surface area (Å²) in [6, 6.07) is 7.83. The lowest BCUT2D eigenvalue weighted by atomic mass is 9.90. The van der Waals surface area contributed by atoms with Crippen molar-refractivity contribution in [2.45, 2.75) is 33.6 Å². The van der Waals surface area contributed by atoms with Crippen LogP contribution in [0.5, 0.6) is 5.75 Å². The van der Waals surface area contributed by atoms with Crippen LogP contribution >= 0.6 is 0 Å². The lowest BCUT2D eigenvalue weighted by Gasteiger charge is -2.18. The van der Waals surface area contributed by atoms with Gasteiger partial charge in [-0.05, 0) is 37.3 Å². The lowest BCUT2D eigenvalue weighted by molar-refractivity contribution is -0.148. The molecule has 0 N–H and O–H groups in total. The number of hydrogen-bond acceptors (Lipinski definition) is 3. The molecule has 0 aromatic heterocycles. The van der Waals surface area contributed by atoms with Crippen molar-refractivity contribution in [3.05, 3.63) is 29.8 Å². The van der Waals surface area contributed by atoms with Gasteiger partial charge in [-0.1, -0.05) is 32.0 Å². The molecule has 0 saturated heterocycles. The molecule has 1 aromatic rings. The van der Waals surface area contributed by atoms with E-state index in [0.717, 1.165) is 17.7 Å². The number of esters is 1. The second-order valence-electron chi connectivity index (χ2n) is 5.09. The Kier molecular flexibility index (Phi) is 6.40. The minimum atomic E-state index is -0.109. The second kappa shape index (κ2) is 7.82. The second-order valence-corrected chi connectivity index (χ2v) is 5.09. The average molecular weight is 264 g/mol. The van der Waals surface area contributed by atoms with Gasteiger partial charge in [0.05, 0.1) is 19.6 Å². The van der Waals surface area contributed by atoms with Crippen LogP contribution in [0.1, 0.15) is 32.8 Å². The molecule has 19 heavy (non-hydrogen) atoms. The zero-order valence-corrected chi connectivity index (χ0v) is 12.3. The molecule has 1 unspecified atom stereocenters. The van der Waals surface area contributed by atoms with Gasteiger partial charge in [0, 0.05) is 0 Å². The van der Waals surface area contributed by atoms with E-state index in [1.165, 1.54) is 0 Å². The van der Waals surface area contributed by atoms with Crippen molar-refractivity contribution in [1.29, 1.82) is 0 Å². The van der Waals surface area contributed by atoms with Crippen LogP contribution in [0.2, 0.25) is 0 Å². The maximum absolute atomic E-state index is 12.0. The Morgan fingerprint density at radius 2 is 1.95 bits per heavy atom. The van der Waals surface area contributed by atoms with Gasteiger partial charge in [0.2, 0.25) is 0 Å². The van der Waals surface area contributed by atoms with E-state index in [4.69, 9.17) is 9.47 Å². The first-order valence-corrected chi connectivity index (χ1v) is 6.87. The van der Waals surface area contributed by atoms with Crippen molar-refractivity contribution >= 4 is 5.97 Å². The molecule has 0 aliphatic rings. The van der Waals surface area contributed by atoms with Crippen LogP contribution in [-0.2, 0) is 16.0 Å². The van der Waals surface area contributed by atoms with Gasteiger partial charge >= 0.3 is 5.97 Å². The molecule has 1 rings (SSSR count). The maximum atomic E-state index is 12.0. The van der Waals surface area contributed by atoms with Gasteiger partial charge in [-0.25, -0.2) is 0 Å². The number of carbonyl (C=O) groups excluding carboxylic acids is 1. The molecule has 0 spiro atoms. The molecule has 0 radical (unpaired) electrons. The third kappa shape index (κ3) is 4.93. The van der Waals surface area contributed by atoms with Gasteiger partial charge in [-0.15, -0.1) is 0 Å². The summed E-state index contributed by atoms with van der Waals surface area (Å²) in [5, 5.41) is 0. The standard InChI is InChI=1S/C16H24O3/c1-5-19-16(17)14(10-12(2)3)11-13-8-6-7-9-15(13)18-4/h6-9,12,14H,5,10-11H2,1-4H3. The van der Waals surface area contributed by atoms with Gasteiger partial charge in [0.1, 0.15) is 5.75 Å². The van der Waals surface area contributed by atoms with Gasteiger partial charge in [-0.2, -0.15) is 0 Å². The van der Waals surface area contributed by atoms with Crippen LogP contribution in [0.3, 0.4) is 0 Å². The van der Waals surface area contributed by atoms with Crippen LogP contribution in [0.15, 0.2) is 24.3 Å². The van der Waals surface area contributed by atoms with Crippen LogP contribution in [-0.4, -0.2) is 19.7 Å². The van der Waals surface area contributed by atoms with E-state index in [1.54, 1.807) is 7.11 Å². The van der Waals surface area contributed by atoms with Crippen molar-refractivity contribution < 1.29 is 14.3 Å². The number of para-hydroxylation sites is 1. The van der Waals surface area contributed by atoms with Gasteiger partial charge in [-0.3, -0.25) is 4.79 Å². The molecule has 0 bridgehead atoms. The van der Waals surface area contributed by atoms with Crippen molar-refractivity contribution in [2.75, 3.05) is 13.7 Å². The van der Waals surface area contributed by atoms with Crippen molar-refractivity contribution in [1.82, 2.24) is 0 Å². The first-order valence-electron chi connectivity index (χ1n) is 6.87. The minimum absolute atomic E-state index is 0.101. The third-order valence-electron chi connectivity index (χ3n) is 3.03. The van der Waals surface area contributed by atoms with Crippen LogP contribution < -0.4 is 4.74 Å². The summed E-state index contributed by atoms with van der Waals surface area (Å²) in [6.45, 7) is 6.51. The Morgan fingerprint density at radius 3 is 2.53 bits per heavy atom. The number of ether oxygens (including phenoxy) is 2. The Morgan fingerprint density at radius 1 is 1.26 bits per heavy atom. The summed E-state index contributed by atoms with van der Waals surface area (Å²) in [5.74, 6) is 1.09. The van der Waals surface area contributed by atoms with E-state index in [1.807, 2.05) is 31.2 Å². The number of benzene rings is 1. The summed E-state index contributed by atoms with van der Waals surface area (Å²) >= 11 is 0. The van der Waals surface area contributed by atoms with Gasteiger partial charge in [0.25, 0.3) is 0 Å². The Labute approximate surface area is 115 Å². The Bertz CT molecular complexity index is 399. The number of rotatable bonds is 7. The molecule has 0 amide bonds. The fourth-order valence-corrected chi connectivity index (χ4v) is 2.23. The van der Waals surface area contributed by atoms with E-state index in [9.17, 15) is 4.79 Å². The molecule has 1 aromatic carbocycles. The predicted octanol–water partition coefficient (Wildman–Crippen LogP) is 3.46. The summed E-state index contributed by atoms with van der Waals surface area (Å²) in [7, 11) is 1.65. The van der Waals surface area contributed by atoms with Crippen molar-refractivity contribution in [3.8, 4) is 5.75 Å². The molecule has 0 saturated carbocycles. The molecule has 0 heterocycles. The normalized spacial score (nSPS) is 12.3. The average Bonchev–Trinajstić information content (AvgIpc) is 2.38. The maximum Gasteiger partial charge on any atom is 0.309 e. The summed E-state index contributed by atoms with van der Waals surface area (Å²) in [5.41, 5.74) is 1.06. The molecule has 106 valence electrons. The SMILES string of the molecule is CCOC(=O)C(Cc1ccccc1OC)CC(C)C. The largest absolute Gasteiger partial charge is 0.496 e. The number of carbonyl (C=O) groups is 1. The topological polar surface area (TPSA) is 35.5 Å². The zero-order valence-electron chi connectivity index (χ0n) is 12.3. The summed E-state index contributed by atoms with van der Waals surface area (Å²) < 4.78 is 10.5. The predicted molar refractivity (Wildman–Crippen MR) is 76.3 cm³/mol. The lowest BCUT2D eigenvalue weighted by Crippen LogP contribution is -2.22. The molecule has 0 fully saturated rings. The molecular weight excluding hydrogens is 240 g/mol. The highest BCUT2D eigenvalue weighted by atomic mass is 16.5. The highest BCUT2D eigenvalue weighted by Gasteiger charge is 2.22. The van der Waals surface area contributed by atoms with Crippen LogP contribution in [0, 0.1) is 11.8 Å². The first-order chi connectivity index (χ1) is 9.08. The molecule has 3 nitrogen and oxygen atoms in total. The highest BCUT2D eigenvalue weighted by molar-refractivity contribution is 5.73. The monoisotopic (exact) mass is 264 g/mol. The smallest absolute Gasteiger partial charge is 0.309 e. The fraction of sp³-hybridized carbons (Fsp3) is 0.562. The third-order valence-corrected chi connectivity index (χ3v) is 3.03. The molecule has 1 atom stereocenters. The first kappa shape index (κ1) is 15.5. The van der Waals surface area contributed by atoms with E-state index in [-0.39, 0.29) is 11.9 Å². The molecule has 0 aliphatic carbocycles. The summed E-state index contributed by atoms with van der Waals surface area (Å²) in [6.07, 6.45) is 1.50. The fourth-order valence-electron chi connectivity index (χ4n) is 2.23. The van der Waals surface area contributed by atoms with Crippen LogP contribution in [0.25, 0.3) is 0 Å². The molecular formula is C16H24O3. The highest BCUT2D eigenvalue weighted by Crippen LogP contribution is 2.25. The Hall–Kier alpha value is -1.51. The van der Waals surface area contributed by atoms with Crippen molar-refractivity contribution in [3.63, 3.8) is 0 Å². The minimum Gasteiger partial charge on any atom is -0.496 e. The summed E-state index contributed by atoms with van der Waals surface area (Å²) in [4.78, 5) is 12.0. The molecule has 3 heteroatoms. The van der Waals surface area contributed by atoms with E-state index < -0.39 is 0 Å². The van der Waals surface area contributed by atoms with Gasteiger partial charge < -0.3 is 9.47 Å².